The summed E-state index contributed by atoms with van der Waals surface area (Å²) in [4.78, 5) is 0. The van der Waals surface area contributed by atoms with E-state index in [4.69, 9.17) is 4.74 Å². The second kappa shape index (κ2) is 6.61. The van der Waals surface area contributed by atoms with Gasteiger partial charge in [-0.15, -0.1) is 0 Å². The third-order valence-corrected chi connectivity index (χ3v) is 3.92. The number of rotatable bonds is 7. The summed E-state index contributed by atoms with van der Waals surface area (Å²) in [5.41, 5.74) is 0. The van der Waals surface area contributed by atoms with E-state index in [9.17, 15) is 0 Å². The fourth-order valence-electron chi connectivity index (χ4n) is 2.66. The highest BCUT2D eigenvalue weighted by Gasteiger charge is 2.28. The molecule has 94 valence electrons. The van der Waals surface area contributed by atoms with E-state index in [-0.39, 0.29) is 0 Å². The summed E-state index contributed by atoms with van der Waals surface area (Å²) in [5.74, 6) is 0.784. The Morgan fingerprint density at radius 1 is 1.19 bits per heavy atom. The lowest BCUT2D eigenvalue weighted by molar-refractivity contribution is -0.0314. The Kier molecular flexibility index (Phi) is 5.11. The standard InChI is InChI=1S/C14H27NO/c1-2-3-4-7-14-12(6-5-10-16-14)11-15-13-8-9-13/h12-15H,2-11H2,1H3. The van der Waals surface area contributed by atoms with Crippen molar-refractivity contribution in [3.63, 3.8) is 0 Å². The molecule has 2 rings (SSSR count). The summed E-state index contributed by atoms with van der Waals surface area (Å²) < 4.78 is 5.95. The van der Waals surface area contributed by atoms with Crippen LogP contribution in [0.3, 0.4) is 0 Å². The lowest BCUT2D eigenvalue weighted by Crippen LogP contribution is -2.37. The van der Waals surface area contributed by atoms with E-state index < -0.39 is 0 Å². The van der Waals surface area contributed by atoms with Gasteiger partial charge in [0, 0.05) is 19.2 Å². The summed E-state index contributed by atoms with van der Waals surface area (Å²) in [7, 11) is 0. The Bertz CT molecular complexity index is 191. The van der Waals surface area contributed by atoms with Crippen LogP contribution < -0.4 is 5.32 Å². The smallest absolute Gasteiger partial charge is 0.0615 e. The lowest BCUT2D eigenvalue weighted by atomic mass is 9.90. The fourth-order valence-corrected chi connectivity index (χ4v) is 2.66. The number of hydrogen-bond acceptors (Lipinski definition) is 2. The van der Waals surface area contributed by atoms with Gasteiger partial charge in [0.15, 0.2) is 0 Å². The first-order chi connectivity index (χ1) is 7.90. The van der Waals surface area contributed by atoms with E-state index >= 15 is 0 Å². The quantitative estimate of drug-likeness (QED) is 0.672. The van der Waals surface area contributed by atoms with E-state index in [1.807, 2.05) is 0 Å². The summed E-state index contributed by atoms with van der Waals surface area (Å²) in [5, 5.41) is 3.67. The molecule has 16 heavy (non-hydrogen) atoms. The minimum absolute atomic E-state index is 0.548. The number of ether oxygens (including phenoxy) is 1. The molecule has 0 aromatic heterocycles. The molecular formula is C14H27NO. The molecule has 0 bridgehead atoms. The van der Waals surface area contributed by atoms with Gasteiger partial charge in [-0.05, 0) is 38.0 Å². The third-order valence-electron chi connectivity index (χ3n) is 3.92. The highest BCUT2D eigenvalue weighted by molar-refractivity contribution is 4.84. The topological polar surface area (TPSA) is 21.3 Å². The van der Waals surface area contributed by atoms with Gasteiger partial charge in [0.1, 0.15) is 0 Å². The van der Waals surface area contributed by atoms with Crippen molar-refractivity contribution < 1.29 is 4.74 Å². The predicted octanol–water partition coefficient (Wildman–Crippen LogP) is 3.11. The van der Waals surface area contributed by atoms with Crippen molar-refractivity contribution in [1.82, 2.24) is 5.32 Å². The largest absolute Gasteiger partial charge is 0.378 e. The Hall–Kier alpha value is -0.0800. The monoisotopic (exact) mass is 225 g/mol. The highest BCUT2D eigenvalue weighted by atomic mass is 16.5. The second-order valence-corrected chi connectivity index (χ2v) is 5.49. The molecule has 2 fully saturated rings. The van der Waals surface area contributed by atoms with Crippen molar-refractivity contribution in [2.45, 2.75) is 70.4 Å². The maximum absolute atomic E-state index is 5.95. The van der Waals surface area contributed by atoms with Crippen molar-refractivity contribution in [3.8, 4) is 0 Å². The van der Waals surface area contributed by atoms with Crippen LogP contribution in [0.15, 0.2) is 0 Å². The first-order valence-corrected chi connectivity index (χ1v) is 7.25. The molecule has 1 saturated heterocycles. The molecule has 0 radical (unpaired) electrons. The van der Waals surface area contributed by atoms with Crippen molar-refractivity contribution >= 4 is 0 Å². The van der Waals surface area contributed by atoms with Crippen molar-refractivity contribution in [2.75, 3.05) is 13.2 Å². The van der Waals surface area contributed by atoms with Gasteiger partial charge >= 0.3 is 0 Å². The Labute approximate surface area is 100 Å². The van der Waals surface area contributed by atoms with Gasteiger partial charge in [0.25, 0.3) is 0 Å². The molecule has 2 unspecified atom stereocenters. The van der Waals surface area contributed by atoms with Crippen LogP contribution in [0.4, 0.5) is 0 Å². The zero-order chi connectivity index (χ0) is 11.2. The van der Waals surface area contributed by atoms with Crippen LogP contribution >= 0.6 is 0 Å². The predicted molar refractivity (Wildman–Crippen MR) is 67.6 cm³/mol. The summed E-state index contributed by atoms with van der Waals surface area (Å²) in [6, 6.07) is 0.846. The van der Waals surface area contributed by atoms with Crippen LogP contribution in [-0.4, -0.2) is 25.3 Å². The molecule has 1 aliphatic carbocycles. The lowest BCUT2D eigenvalue weighted by Gasteiger charge is -2.32. The molecule has 0 aromatic rings. The Morgan fingerprint density at radius 3 is 2.81 bits per heavy atom. The van der Waals surface area contributed by atoms with E-state index in [1.54, 1.807) is 0 Å². The van der Waals surface area contributed by atoms with Gasteiger partial charge in [-0.1, -0.05) is 26.2 Å². The molecule has 2 atom stereocenters. The van der Waals surface area contributed by atoms with E-state index in [2.05, 4.69) is 12.2 Å². The van der Waals surface area contributed by atoms with Crippen LogP contribution in [0.1, 0.15) is 58.3 Å². The van der Waals surface area contributed by atoms with E-state index in [0.29, 0.717) is 6.10 Å². The van der Waals surface area contributed by atoms with Gasteiger partial charge in [-0.2, -0.15) is 0 Å². The molecule has 1 heterocycles. The fraction of sp³-hybridized carbons (Fsp3) is 1.00. The van der Waals surface area contributed by atoms with Crippen molar-refractivity contribution in [3.05, 3.63) is 0 Å². The first kappa shape index (κ1) is 12.4. The van der Waals surface area contributed by atoms with Crippen LogP contribution in [0, 0.1) is 5.92 Å². The molecule has 0 amide bonds. The van der Waals surface area contributed by atoms with Gasteiger partial charge in [0.2, 0.25) is 0 Å². The summed E-state index contributed by atoms with van der Waals surface area (Å²) >= 11 is 0. The second-order valence-electron chi connectivity index (χ2n) is 5.49. The molecule has 2 heteroatoms. The maximum atomic E-state index is 5.95. The van der Waals surface area contributed by atoms with Crippen molar-refractivity contribution in [2.24, 2.45) is 5.92 Å². The van der Waals surface area contributed by atoms with Crippen LogP contribution in [-0.2, 0) is 4.74 Å². The van der Waals surface area contributed by atoms with Gasteiger partial charge in [-0.25, -0.2) is 0 Å². The SMILES string of the molecule is CCCCCC1OCCCC1CNC1CC1. The minimum Gasteiger partial charge on any atom is -0.378 e. The van der Waals surface area contributed by atoms with Gasteiger partial charge in [-0.3, -0.25) is 0 Å². The Balaban J connectivity index is 1.67. The van der Waals surface area contributed by atoms with Crippen LogP contribution in [0.25, 0.3) is 0 Å². The molecule has 0 aromatic carbocycles. The summed E-state index contributed by atoms with van der Waals surface area (Å²) in [6.07, 6.45) is 11.3. The van der Waals surface area contributed by atoms with E-state index in [0.717, 1.165) is 18.6 Å². The van der Waals surface area contributed by atoms with Crippen LogP contribution in [0.2, 0.25) is 0 Å². The number of unbranched alkanes of at least 4 members (excludes halogenated alkanes) is 2. The number of nitrogens with one attached hydrogen (secondary N) is 1. The van der Waals surface area contributed by atoms with Crippen molar-refractivity contribution in [1.29, 1.82) is 0 Å². The van der Waals surface area contributed by atoms with Crippen LogP contribution in [0.5, 0.6) is 0 Å². The van der Waals surface area contributed by atoms with Gasteiger partial charge in [0.05, 0.1) is 6.10 Å². The third kappa shape index (κ3) is 4.06. The molecule has 1 aliphatic heterocycles. The normalized spacial score (nSPS) is 30.6. The van der Waals surface area contributed by atoms with E-state index in [1.165, 1.54) is 57.9 Å². The molecule has 1 saturated carbocycles. The zero-order valence-electron chi connectivity index (χ0n) is 10.7. The molecule has 0 spiro atoms. The maximum Gasteiger partial charge on any atom is 0.0615 e. The first-order valence-electron chi connectivity index (χ1n) is 7.25. The molecule has 2 aliphatic rings. The molecular weight excluding hydrogens is 198 g/mol. The molecule has 2 nitrogen and oxygen atoms in total. The average Bonchev–Trinajstić information content (AvgIpc) is 3.12. The van der Waals surface area contributed by atoms with Gasteiger partial charge < -0.3 is 10.1 Å². The Morgan fingerprint density at radius 2 is 2.06 bits per heavy atom. The average molecular weight is 225 g/mol. The minimum atomic E-state index is 0.548. The highest BCUT2D eigenvalue weighted by Crippen LogP contribution is 2.26. The summed E-state index contributed by atoms with van der Waals surface area (Å²) in [6.45, 7) is 4.46. The number of hydrogen-bond donors (Lipinski definition) is 1. The molecule has 1 N–H and O–H groups in total. The zero-order valence-corrected chi connectivity index (χ0v) is 10.7.